The van der Waals surface area contributed by atoms with Gasteiger partial charge in [0.2, 0.25) is 0 Å². The first-order valence-corrected chi connectivity index (χ1v) is 10.2. The molecule has 2 aromatic rings. The van der Waals surface area contributed by atoms with E-state index in [0.29, 0.717) is 22.7 Å². The Hall–Kier alpha value is -3.61. The molecule has 31 heavy (non-hydrogen) atoms. The molecule has 1 atom stereocenters. The molecule has 1 N–H and O–H groups in total. The van der Waals surface area contributed by atoms with Crippen molar-refractivity contribution in [3.05, 3.63) is 71.4 Å². The lowest BCUT2D eigenvalue weighted by atomic mass is 9.87. The lowest BCUT2D eigenvalue weighted by Crippen LogP contribution is -2.39. The molecule has 1 aromatic heterocycles. The number of allylic oxidation sites excluding steroid dienone is 2. The van der Waals surface area contributed by atoms with Gasteiger partial charge in [-0.15, -0.1) is 0 Å². The number of benzene rings is 1. The standard InChI is InChI=1S/C24H24N2O5/c1-14(2)22(27)20-21(17-6-4-5-7-19(17)30-3)26(24(29)23(20)28)16-10-8-15(9-11-16)18-12-13-31-25-18/h6-14,21,28H,4-5H2,1-3H3. The van der Waals surface area contributed by atoms with Crippen LogP contribution in [0, 0.1) is 5.92 Å². The van der Waals surface area contributed by atoms with E-state index in [0.717, 1.165) is 18.4 Å². The number of aliphatic hydroxyl groups is 1. The zero-order valence-electron chi connectivity index (χ0n) is 17.7. The molecule has 160 valence electrons. The highest BCUT2D eigenvalue weighted by atomic mass is 16.5. The van der Waals surface area contributed by atoms with E-state index in [-0.39, 0.29) is 17.3 Å². The normalized spacial score (nSPS) is 19.0. The number of methoxy groups -OCH3 is 1. The van der Waals surface area contributed by atoms with Crippen LogP contribution in [-0.4, -0.2) is 35.1 Å². The maximum atomic E-state index is 13.2. The summed E-state index contributed by atoms with van der Waals surface area (Å²) in [6.45, 7) is 3.50. The van der Waals surface area contributed by atoms with Crippen molar-refractivity contribution in [1.29, 1.82) is 0 Å². The number of aliphatic hydroxyl groups excluding tert-OH is 1. The van der Waals surface area contributed by atoms with Crippen molar-refractivity contribution >= 4 is 17.4 Å². The predicted molar refractivity (Wildman–Crippen MR) is 115 cm³/mol. The highest BCUT2D eigenvalue weighted by Crippen LogP contribution is 2.40. The van der Waals surface area contributed by atoms with Gasteiger partial charge in [0.25, 0.3) is 5.91 Å². The third-order valence-corrected chi connectivity index (χ3v) is 5.54. The largest absolute Gasteiger partial charge is 0.503 e. The lowest BCUT2D eigenvalue weighted by molar-refractivity contribution is -0.119. The molecule has 0 spiro atoms. The van der Waals surface area contributed by atoms with Gasteiger partial charge in [-0.05, 0) is 31.1 Å². The monoisotopic (exact) mass is 420 g/mol. The van der Waals surface area contributed by atoms with Gasteiger partial charge >= 0.3 is 0 Å². The first-order chi connectivity index (χ1) is 14.9. The van der Waals surface area contributed by atoms with Crippen molar-refractivity contribution in [2.24, 2.45) is 5.92 Å². The summed E-state index contributed by atoms with van der Waals surface area (Å²) >= 11 is 0. The topological polar surface area (TPSA) is 92.9 Å². The molecular weight excluding hydrogens is 396 g/mol. The van der Waals surface area contributed by atoms with Gasteiger partial charge in [-0.3, -0.25) is 14.5 Å². The van der Waals surface area contributed by atoms with E-state index in [9.17, 15) is 14.7 Å². The zero-order chi connectivity index (χ0) is 22.1. The van der Waals surface area contributed by atoms with Gasteiger partial charge in [0.05, 0.1) is 18.7 Å². The minimum Gasteiger partial charge on any atom is -0.503 e. The summed E-state index contributed by atoms with van der Waals surface area (Å²) in [4.78, 5) is 27.6. The van der Waals surface area contributed by atoms with Gasteiger partial charge in [0.1, 0.15) is 17.7 Å². The number of hydrogen-bond acceptors (Lipinski definition) is 6. The summed E-state index contributed by atoms with van der Waals surface area (Å²) in [6.07, 6.45) is 6.97. The van der Waals surface area contributed by atoms with Crippen LogP contribution in [0.15, 0.2) is 75.9 Å². The quantitative estimate of drug-likeness (QED) is 0.747. The number of Topliss-reactive ketones (excluding diaryl/α,β-unsaturated/α-hetero) is 1. The highest BCUT2D eigenvalue weighted by Gasteiger charge is 2.46. The summed E-state index contributed by atoms with van der Waals surface area (Å²) in [5.41, 5.74) is 2.87. The number of rotatable bonds is 6. The fourth-order valence-corrected chi connectivity index (χ4v) is 4.00. The van der Waals surface area contributed by atoms with Crippen LogP contribution >= 0.6 is 0 Å². The van der Waals surface area contributed by atoms with Crippen molar-refractivity contribution in [3.8, 4) is 11.3 Å². The fraction of sp³-hybridized carbons (Fsp3) is 0.292. The van der Waals surface area contributed by atoms with Crippen LogP contribution in [-0.2, 0) is 14.3 Å². The Morgan fingerprint density at radius 1 is 1.19 bits per heavy atom. The lowest BCUT2D eigenvalue weighted by Gasteiger charge is -2.31. The number of amides is 1. The van der Waals surface area contributed by atoms with Crippen molar-refractivity contribution < 1.29 is 24.0 Å². The minimum absolute atomic E-state index is 0.108. The van der Waals surface area contributed by atoms with Crippen molar-refractivity contribution in [2.75, 3.05) is 12.0 Å². The Kier molecular flexibility index (Phi) is 5.50. The van der Waals surface area contributed by atoms with Crippen LogP contribution in [0.2, 0.25) is 0 Å². The van der Waals surface area contributed by atoms with Crippen LogP contribution in [0.1, 0.15) is 26.7 Å². The van der Waals surface area contributed by atoms with E-state index < -0.39 is 17.7 Å². The predicted octanol–water partition coefficient (Wildman–Crippen LogP) is 4.34. The second-order valence-corrected chi connectivity index (χ2v) is 7.80. The Morgan fingerprint density at radius 3 is 2.52 bits per heavy atom. The molecule has 1 amide bonds. The molecule has 0 radical (unpaired) electrons. The number of ketones is 1. The number of nitrogens with zero attached hydrogens (tertiary/aromatic N) is 2. The van der Waals surface area contributed by atoms with Gasteiger partial charge in [-0.25, -0.2) is 0 Å². The molecule has 0 saturated carbocycles. The van der Waals surface area contributed by atoms with E-state index in [1.54, 1.807) is 39.2 Å². The molecule has 4 rings (SSSR count). The third kappa shape index (κ3) is 3.56. The molecule has 2 heterocycles. The van der Waals surface area contributed by atoms with E-state index in [1.165, 1.54) is 11.2 Å². The van der Waals surface area contributed by atoms with Crippen LogP contribution < -0.4 is 4.90 Å². The number of anilines is 1. The number of aromatic nitrogens is 1. The molecule has 0 fully saturated rings. The van der Waals surface area contributed by atoms with Gasteiger partial charge in [0, 0.05) is 28.8 Å². The molecule has 1 aromatic carbocycles. The van der Waals surface area contributed by atoms with Crippen LogP contribution in [0.3, 0.4) is 0 Å². The molecule has 0 bridgehead atoms. The molecule has 1 aliphatic carbocycles. The minimum atomic E-state index is -0.758. The Balaban J connectivity index is 1.81. The second-order valence-electron chi connectivity index (χ2n) is 7.80. The van der Waals surface area contributed by atoms with E-state index >= 15 is 0 Å². The Morgan fingerprint density at radius 2 is 1.90 bits per heavy atom. The van der Waals surface area contributed by atoms with E-state index in [1.807, 2.05) is 24.3 Å². The Labute approximate surface area is 180 Å². The van der Waals surface area contributed by atoms with Crippen LogP contribution in [0.5, 0.6) is 0 Å². The van der Waals surface area contributed by atoms with Crippen molar-refractivity contribution in [1.82, 2.24) is 5.16 Å². The number of carbonyl (C=O) groups is 2. The SMILES string of the molecule is COC1=CCCC=C1C1C(C(=O)C(C)C)=C(O)C(=O)N1c1ccc(-c2ccon2)cc1. The summed E-state index contributed by atoms with van der Waals surface area (Å²) in [6, 6.07) is 8.16. The first kappa shape index (κ1) is 20.7. The number of ether oxygens (including phenoxy) is 1. The van der Waals surface area contributed by atoms with E-state index in [4.69, 9.17) is 9.26 Å². The van der Waals surface area contributed by atoms with Gasteiger partial charge < -0.3 is 14.4 Å². The van der Waals surface area contributed by atoms with Gasteiger partial charge in [0.15, 0.2) is 11.5 Å². The maximum absolute atomic E-state index is 13.2. The summed E-state index contributed by atoms with van der Waals surface area (Å²) in [7, 11) is 1.56. The average Bonchev–Trinajstić information content (AvgIpc) is 3.41. The molecule has 7 heteroatoms. The second kappa shape index (κ2) is 8.26. The summed E-state index contributed by atoms with van der Waals surface area (Å²) in [5.74, 6) is -1.14. The van der Waals surface area contributed by atoms with E-state index in [2.05, 4.69) is 5.16 Å². The first-order valence-electron chi connectivity index (χ1n) is 10.2. The molecule has 1 unspecified atom stereocenters. The van der Waals surface area contributed by atoms with Gasteiger partial charge in [-0.1, -0.05) is 37.2 Å². The summed E-state index contributed by atoms with van der Waals surface area (Å²) < 4.78 is 10.4. The van der Waals surface area contributed by atoms with Crippen LogP contribution in [0.25, 0.3) is 11.3 Å². The van der Waals surface area contributed by atoms with Gasteiger partial charge in [-0.2, -0.15) is 0 Å². The molecule has 2 aliphatic rings. The maximum Gasteiger partial charge on any atom is 0.294 e. The average molecular weight is 420 g/mol. The molecule has 0 saturated heterocycles. The smallest absolute Gasteiger partial charge is 0.294 e. The highest BCUT2D eigenvalue weighted by molar-refractivity contribution is 6.17. The fourth-order valence-electron chi connectivity index (χ4n) is 4.00. The molecule has 1 aliphatic heterocycles. The zero-order valence-corrected chi connectivity index (χ0v) is 17.7. The summed E-state index contributed by atoms with van der Waals surface area (Å²) in [5, 5.41) is 14.7. The molecular formula is C24H24N2O5. The van der Waals surface area contributed by atoms with Crippen molar-refractivity contribution in [3.63, 3.8) is 0 Å². The number of carbonyl (C=O) groups excluding carboxylic acids is 2. The third-order valence-electron chi connectivity index (χ3n) is 5.54. The number of hydrogen-bond donors (Lipinski definition) is 1. The van der Waals surface area contributed by atoms with Crippen molar-refractivity contribution in [2.45, 2.75) is 32.7 Å². The van der Waals surface area contributed by atoms with Crippen LogP contribution in [0.4, 0.5) is 5.69 Å². The molecule has 7 nitrogen and oxygen atoms in total. The Bertz CT molecular complexity index is 1090.